The van der Waals surface area contributed by atoms with Gasteiger partial charge in [0.25, 0.3) is 0 Å². The molecular weight excluding hydrogens is 260 g/mol. The van der Waals surface area contributed by atoms with Crippen molar-refractivity contribution in [3.05, 3.63) is 15.6 Å². The number of aromatic nitrogens is 1. The van der Waals surface area contributed by atoms with Gasteiger partial charge in [0.15, 0.2) is 0 Å². The van der Waals surface area contributed by atoms with Crippen LogP contribution in [-0.4, -0.2) is 31.2 Å². The van der Waals surface area contributed by atoms with Gasteiger partial charge in [-0.05, 0) is 26.3 Å². The van der Waals surface area contributed by atoms with Crippen LogP contribution in [-0.2, 0) is 11.2 Å². The van der Waals surface area contributed by atoms with Crippen molar-refractivity contribution < 1.29 is 9.53 Å². The number of likely N-dealkylation sites (N-methyl/N-ethyl adjacent to an activating group) is 1. The van der Waals surface area contributed by atoms with E-state index in [-0.39, 0.29) is 5.97 Å². The molecule has 5 heteroatoms. The number of rotatable bonds is 7. The Morgan fingerprint density at radius 1 is 1.42 bits per heavy atom. The molecule has 0 aliphatic heterocycles. The smallest absolute Gasteiger partial charge is 0.350 e. The Bertz CT molecular complexity index is 416. The summed E-state index contributed by atoms with van der Waals surface area (Å²) >= 11 is 1.47. The molecule has 0 bridgehead atoms. The van der Waals surface area contributed by atoms with Gasteiger partial charge in [0.1, 0.15) is 4.88 Å². The molecule has 108 valence electrons. The lowest BCUT2D eigenvalue weighted by Gasteiger charge is -2.06. The molecule has 0 amide bonds. The monoisotopic (exact) mass is 284 g/mol. The molecular formula is C14H24N2O2S. The third-order valence-corrected chi connectivity index (χ3v) is 4.02. The van der Waals surface area contributed by atoms with Gasteiger partial charge in [-0.3, -0.25) is 0 Å². The fraction of sp³-hybridized carbons (Fsp3) is 0.714. The highest BCUT2D eigenvalue weighted by molar-refractivity contribution is 7.13. The molecule has 1 unspecified atom stereocenters. The highest BCUT2D eigenvalue weighted by Gasteiger charge is 2.22. The first-order valence-electron chi connectivity index (χ1n) is 6.80. The van der Waals surface area contributed by atoms with E-state index in [1.54, 1.807) is 0 Å². The second kappa shape index (κ2) is 7.60. The van der Waals surface area contributed by atoms with Crippen molar-refractivity contribution in [1.29, 1.82) is 0 Å². The molecule has 0 aromatic carbocycles. The number of ether oxygens (including phenoxy) is 1. The Morgan fingerprint density at radius 2 is 2.11 bits per heavy atom. The summed E-state index contributed by atoms with van der Waals surface area (Å²) in [5, 5.41) is 4.15. The van der Waals surface area contributed by atoms with Crippen LogP contribution in [0.3, 0.4) is 0 Å². The molecule has 0 aliphatic rings. The zero-order valence-corrected chi connectivity index (χ0v) is 13.3. The average Bonchev–Trinajstić information content (AvgIpc) is 2.73. The lowest BCUT2D eigenvalue weighted by Crippen LogP contribution is -2.14. The van der Waals surface area contributed by atoms with Crippen LogP contribution in [0.4, 0.5) is 0 Å². The number of esters is 1. The van der Waals surface area contributed by atoms with Crippen LogP contribution in [0.1, 0.15) is 54.0 Å². The number of hydrogen-bond donors (Lipinski definition) is 1. The SMILES string of the molecule is CCOC(=O)c1sc(C(C)CNC)nc1CC(C)C. The molecule has 0 fully saturated rings. The van der Waals surface area contributed by atoms with Crippen molar-refractivity contribution in [3.8, 4) is 0 Å². The van der Waals surface area contributed by atoms with Gasteiger partial charge in [0, 0.05) is 12.5 Å². The van der Waals surface area contributed by atoms with E-state index >= 15 is 0 Å². The van der Waals surface area contributed by atoms with Crippen LogP contribution in [0.2, 0.25) is 0 Å². The summed E-state index contributed by atoms with van der Waals surface area (Å²) in [6.45, 7) is 9.46. The molecule has 0 spiro atoms. The molecule has 19 heavy (non-hydrogen) atoms. The van der Waals surface area contributed by atoms with Crippen LogP contribution < -0.4 is 5.32 Å². The van der Waals surface area contributed by atoms with Gasteiger partial charge < -0.3 is 10.1 Å². The van der Waals surface area contributed by atoms with Gasteiger partial charge in [0.2, 0.25) is 0 Å². The molecule has 0 saturated heterocycles. The molecule has 0 aliphatic carbocycles. The number of hydrogen-bond acceptors (Lipinski definition) is 5. The summed E-state index contributed by atoms with van der Waals surface area (Å²) in [5.41, 5.74) is 0.886. The van der Waals surface area contributed by atoms with Gasteiger partial charge in [0.05, 0.1) is 17.3 Å². The summed E-state index contributed by atoms with van der Waals surface area (Å²) in [6, 6.07) is 0. The molecule has 0 radical (unpaired) electrons. The quantitative estimate of drug-likeness (QED) is 0.782. The number of carbonyl (C=O) groups is 1. The fourth-order valence-electron chi connectivity index (χ4n) is 1.86. The predicted octanol–water partition coefficient (Wildman–Crippen LogP) is 2.84. The Morgan fingerprint density at radius 3 is 2.63 bits per heavy atom. The van der Waals surface area contributed by atoms with E-state index in [1.165, 1.54) is 11.3 Å². The van der Waals surface area contributed by atoms with E-state index in [4.69, 9.17) is 4.74 Å². The lowest BCUT2D eigenvalue weighted by molar-refractivity contribution is 0.0530. The van der Waals surface area contributed by atoms with Crippen molar-refractivity contribution in [2.45, 2.75) is 40.0 Å². The minimum atomic E-state index is -0.237. The Kier molecular flexibility index (Phi) is 6.45. The first-order chi connectivity index (χ1) is 8.99. The molecule has 1 aromatic rings. The first kappa shape index (κ1) is 16.1. The Hall–Kier alpha value is -0.940. The molecule has 1 aromatic heterocycles. The van der Waals surface area contributed by atoms with Crippen molar-refractivity contribution in [2.24, 2.45) is 5.92 Å². The Balaban J connectivity index is 3.01. The molecule has 1 heterocycles. The van der Waals surface area contributed by atoms with Gasteiger partial charge in [-0.1, -0.05) is 20.8 Å². The highest BCUT2D eigenvalue weighted by Crippen LogP contribution is 2.27. The number of nitrogens with one attached hydrogen (secondary N) is 1. The van der Waals surface area contributed by atoms with Crippen LogP contribution in [0.15, 0.2) is 0 Å². The maximum atomic E-state index is 12.0. The van der Waals surface area contributed by atoms with E-state index in [9.17, 15) is 4.79 Å². The predicted molar refractivity (Wildman–Crippen MR) is 79.0 cm³/mol. The van der Waals surface area contributed by atoms with Gasteiger partial charge in [-0.15, -0.1) is 11.3 Å². The standard InChI is InChI=1S/C14H24N2O2S/c1-6-18-14(17)12-11(7-9(2)3)16-13(19-12)10(4)8-15-5/h9-10,15H,6-8H2,1-5H3. The third-order valence-electron chi connectivity index (χ3n) is 2.71. The number of nitrogens with zero attached hydrogens (tertiary/aromatic N) is 1. The summed E-state index contributed by atoms with van der Waals surface area (Å²) in [7, 11) is 1.92. The third kappa shape index (κ3) is 4.58. The molecule has 1 rings (SSSR count). The summed E-state index contributed by atoms with van der Waals surface area (Å²) in [4.78, 5) is 17.3. The zero-order valence-electron chi connectivity index (χ0n) is 12.4. The molecule has 1 N–H and O–H groups in total. The summed E-state index contributed by atoms with van der Waals surface area (Å²) in [6.07, 6.45) is 0.816. The minimum Gasteiger partial charge on any atom is -0.462 e. The van der Waals surface area contributed by atoms with E-state index < -0.39 is 0 Å². The van der Waals surface area contributed by atoms with Crippen LogP contribution in [0.25, 0.3) is 0 Å². The number of carbonyl (C=O) groups excluding carboxylic acids is 1. The topological polar surface area (TPSA) is 51.2 Å². The average molecular weight is 284 g/mol. The first-order valence-corrected chi connectivity index (χ1v) is 7.62. The summed E-state index contributed by atoms with van der Waals surface area (Å²) < 4.78 is 5.12. The highest BCUT2D eigenvalue weighted by atomic mass is 32.1. The fourth-order valence-corrected chi connectivity index (χ4v) is 2.89. The maximum Gasteiger partial charge on any atom is 0.350 e. The lowest BCUT2D eigenvalue weighted by atomic mass is 10.1. The van der Waals surface area contributed by atoms with Crippen molar-refractivity contribution in [1.82, 2.24) is 10.3 Å². The van der Waals surface area contributed by atoms with E-state index in [0.717, 1.165) is 23.7 Å². The number of thiazole rings is 1. The van der Waals surface area contributed by atoms with Crippen LogP contribution in [0, 0.1) is 5.92 Å². The van der Waals surface area contributed by atoms with E-state index in [1.807, 2.05) is 14.0 Å². The largest absolute Gasteiger partial charge is 0.462 e. The van der Waals surface area contributed by atoms with Crippen LogP contribution >= 0.6 is 11.3 Å². The minimum absolute atomic E-state index is 0.237. The summed E-state index contributed by atoms with van der Waals surface area (Å²) in [5.74, 6) is 0.547. The van der Waals surface area contributed by atoms with E-state index in [0.29, 0.717) is 23.3 Å². The maximum absolute atomic E-state index is 12.0. The zero-order chi connectivity index (χ0) is 14.4. The second-order valence-corrected chi connectivity index (χ2v) is 6.14. The Labute approximate surface area is 119 Å². The molecule has 1 atom stereocenters. The van der Waals surface area contributed by atoms with Crippen molar-refractivity contribution in [3.63, 3.8) is 0 Å². The van der Waals surface area contributed by atoms with Gasteiger partial charge >= 0.3 is 5.97 Å². The van der Waals surface area contributed by atoms with Gasteiger partial charge in [-0.25, -0.2) is 9.78 Å². The second-order valence-electron chi connectivity index (χ2n) is 5.11. The van der Waals surface area contributed by atoms with Crippen molar-refractivity contribution in [2.75, 3.05) is 20.2 Å². The molecule has 4 nitrogen and oxygen atoms in total. The normalized spacial score (nSPS) is 12.7. The van der Waals surface area contributed by atoms with Gasteiger partial charge in [-0.2, -0.15) is 0 Å². The molecule has 0 saturated carbocycles. The van der Waals surface area contributed by atoms with Crippen LogP contribution in [0.5, 0.6) is 0 Å². The van der Waals surface area contributed by atoms with E-state index in [2.05, 4.69) is 31.1 Å². The van der Waals surface area contributed by atoms with Crippen molar-refractivity contribution >= 4 is 17.3 Å².